The molecule has 0 unspecified atom stereocenters. The molecule has 2 aliphatic rings. The van der Waals surface area contributed by atoms with Gasteiger partial charge in [0.15, 0.2) is 11.5 Å². The second-order valence-electron chi connectivity index (χ2n) is 7.65. The van der Waals surface area contributed by atoms with Gasteiger partial charge < -0.3 is 25.1 Å². The lowest BCUT2D eigenvalue weighted by atomic mass is 9.93. The van der Waals surface area contributed by atoms with Crippen LogP contribution in [0.3, 0.4) is 0 Å². The Hall–Kier alpha value is -3.42. The summed E-state index contributed by atoms with van der Waals surface area (Å²) in [6.45, 7) is 2.58. The normalized spacial score (nSPS) is 14.2. The molecule has 0 bridgehead atoms. The molecule has 0 radical (unpaired) electrons. The lowest BCUT2D eigenvalue weighted by molar-refractivity contribution is -0.194. The number of rotatable bonds is 4. The van der Waals surface area contributed by atoms with Gasteiger partial charge in [-0.05, 0) is 41.3 Å². The molecule has 5 rings (SSSR count). The zero-order valence-corrected chi connectivity index (χ0v) is 16.3. The highest BCUT2D eigenvalue weighted by atomic mass is 17.2. The first-order chi connectivity index (χ1) is 14.5. The van der Waals surface area contributed by atoms with Crippen LogP contribution in [0.5, 0.6) is 28.7 Å². The zero-order chi connectivity index (χ0) is 20.8. The standard InChI is InChI=1S/C23H20O7/c1-12-2-15(4-13-6-17-10-27-29-21(17)8-19(13)24)23(26)16(3-12)5-14-7-18-11-28-30-22(18)9-20(14)25/h2-3,6-9,24-26H,4-5,10-11H2,1H3. The van der Waals surface area contributed by atoms with E-state index < -0.39 is 0 Å². The first-order valence-corrected chi connectivity index (χ1v) is 9.58. The minimum atomic E-state index is 0.0815. The van der Waals surface area contributed by atoms with Crippen LogP contribution < -0.4 is 9.78 Å². The fraction of sp³-hybridized carbons (Fsp3) is 0.217. The number of benzene rings is 3. The molecule has 2 heterocycles. The van der Waals surface area contributed by atoms with Gasteiger partial charge in [-0.15, -0.1) is 0 Å². The number of aryl methyl sites for hydroxylation is 1. The molecule has 0 atom stereocenters. The van der Waals surface area contributed by atoms with Crippen LogP contribution >= 0.6 is 0 Å². The molecule has 0 saturated heterocycles. The minimum absolute atomic E-state index is 0.0815. The number of hydrogen-bond acceptors (Lipinski definition) is 7. The number of aromatic hydroxyl groups is 3. The van der Waals surface area contributed by atoms with E-state index in [1.165, 1.54) is 12.1 Å². The molecule has 0 spiro atoms. The van der Waals surface area contributed by atoms with E-state index in [9.17, 15) is 15.3 Å². The van der Waals surface area contributed by atoms with Crippen LogP contribution in [0.1, 0.15) is 38.9 Å². The molecule has 7 nitrogen and oxygen atoms in total. The molecule has 3 N–H and O–H groups in total. The van der Waals surface area contributed by atoms with E-state index in [2.05, 4.69) is 0 Å². The van der Waals surface area contributed by atoms with Crippen molar-refractivity contribution in [2.45, 2.75) is 33.0 Å². The quantitative estimate of drug-likeness (QED) is 0.563. The maximum absolute atomic E-state index is 10.9. The maximum Gasteiger partial charge on any atom is 0.174 e. The highest BCUT2D eigenvalue weighted by Crippen LogP contribution is 2.38. The third kappa shape index (κ3) is 3.28. The first kappa shape index (κ1) is 18.6. The Balaban J connectivity index is 1.48. The van der Waals surface area contributed by atoms with Crippen LogP contribution in [0.15, 0.2) is 36.4 Å². The van der Waals surface area contributed by atoms with Crippen molar-refractivity contribution in [1.82, 2.24) is 0 Å². The molecular formula is C23H20O7. The largest absolute Gasteiger partial charge is 0.508 e. The Labute approximate surface area is 172 Å². The van der Waals surface area contributed by atoms with Crippen LogP contribution in [0.2, 0.25) is 0 Å². The summed E-state index contributed by atoms with van der Waals surface area (Å²) in [5, 5.41) is 31.6. The van der Waals surface area contributed by atoms with Gasteiger partial charge in [-0.25, -0.2) is 0 Å². The van der Waals surface area contributed by atoms with Crippen molar-refractivity contribution in [1.29, 1.82) is 0 Å². The molecule has 7 heteroatoms. The Bertz CT molecular complexity index is 1070. The maximum atomic E-state index is 10.9. The van der Waals surface area contributed by atoms with Crippen LogP contribution in [-0.4, -0.2) is 15.3 Å². The predicted octanol–water partition coefficient (Wildman–Crippen LogP) is 3.94. The van der Waals surface area contributed by atoms with Gasteiger partial charge in [-0.3, -0.25) is 0 Å². The summed E-state index contributed by atoms with van der Waals surface area (Å²) in [6.07, 6.45) is 0.689. The van der Waals surface area contributed by atoms with Crippen molar-refractivity contribution < 1.29 is 34.9 Å². The monoisotopic (exact) mass is 408 g/mol. The lowest BCUT2D eigenvalue weighted by Gasteiger charge is -2.14. The summed E-state index contributed by atoms with van der Waals surface area (Å²) >= 11 is 0. The summed E-state index contributed by atoms with van der Waals surface area (Å²) in [4.78, 5) is 19.9. The van der Waals surface area contributed by atoms with Gasteiger partial charge in [0.05, 0.1) is 0 Å². The Morgan fingerprint density at radius 1 is 0.667 bits per heavy atom. The van der Waals surface area contributed by atoms with Crippen molar-refractivity contribution in [3.63, 3.8) is 0 Å². The Morgan fingerprint density at radius 3 is 1.60 bits per heavy atom. The Kier molecular flexibility index (Phi) is 4.42. The van der Waals surface area contributed by atoms with Crippen molar-refractivity contribution >= 4 is 0 Å². The second-order valence-corrected chi connectivity index (χ2v) is 7.65. The number of fused-ring (bicyclic) bond motifs is 2. The molecule has 2 aliphatic heterocycles. The molecule has 154 valence electrons. The van der Waals surface area contributed by atoms with Gasteiger partial charge in [-0.1, -0.05) is 17.7 Å². The highest BCUT2D eigenvalue weighted by Gasteiger charge is 2.21. The van der Waals surface area contributed by atoms with E-state index in [-0.39, 0.29) is 17.2 Å². The molecule has 3 aromatic carbocycles. The van der Waals surface area contributed by atoms with E-state index >= 15 is 0 Å². The van der Waals surface area contributed by atoms with E-state index in [0.29, 0.717) is 59.8 Å². The lowest BCUT2D eigenvalue weighted by Crippen LogP contribution is -1.98. The average Bonchev–Trinajstić information content (AvgIpc) is 3.34. The number of hydrogen-bond donors (Lipinski definition) is 3. The van der Waals surface area contributed by atoms with Crippen LogP contribution in [0.25, 0.3) is 0 Å². The summed E-state index contributed by atoms with van der Waals surface area (Å²) in [7, 11) is 0. The molecule has 0 aliphatic carbocycles. The van der Waals surface area contributed by atoms with Gasteiger partial charge in [0.1, 0.15) is 30.5 Å². The zero-order valence-electron chi connectivity index (χ0n) is 16.3. The van der Waals surface area contributed by atoms with Gasteiger partial charge in [0, 0.05) is 36.1 Å². The molecule has 0 saturated carbocycles. The van der Waals surface area contributed by atoms with E-state index in [1.807, 2.05) is 31.2 Å². The van der Waals surface area contributed by atoms with Crippen molar-refractivity contribution in [3.05, 3.63) is 75.3 Å². The van der Waals surface area contributed by atoms with Gasteiger partial charge in [0.2, 0.25) is 0 Å². The van der Waals surface area contributed by atoms with Crippen molar-refractivity contribution in [3.8, 4) is 28.7 Å². The van der Waals surface area contributed by atoms with Crippen molar-refractivity contribution in [2.24, 2.45) is 0 Å². The van der Waals surface area contributed by atoms with Crippen LogP contribution in [-0.2, 0) is 35.8 Å². The fourth-order valence-electron chi connectivity index (χ4n) is 3.92. The molecule has 0 amide bonds. The average molecular weight is 408 g/mol. The molecule has 3 aromatic rings. The SMILES string of the molecule is Cc1cc(Cc2cc3c(cc2O)OOC3)c(O)c(Cc2cc3c(cc2O)OOC3)c1. The fourth-order valence-corrected chi connectivity index (χ4v) is 3.92. The van der Waals surface area contributed by atoms with Crippen LogP contribution in [0, 0.1) is 6.92 Å². The van der Waals surface area contributed by atoms with Gasteiger partial charge in [0.25, 0.3) is 0 Å². The third-order valence-corrected chi connectivity index (χ3v) is 5.42. The molecule has 0 fully saturated rings. The summed E-state index contributed by atoms with van der Waals surface area (Å²) < 4.78 is 0. The van der Waals surface area contributed by atoms with E-state index in [0.717, 1.165) is 16.7 Å². The molecule has 30 heavy (non-hydrogen) atoms. The first-order valence-electron chi connectivity index (χ1n) is 9.58. The van der Waals surface area contributed by atoms with E-state index in [1.54, 1.807) is 0 Å². The molecular weight excluding hydrogens is 388 g/mol. The predicted molar refractivity (Wildman–Crippen MR) is 106 cm³/mol. The summed E-state index contributed by atoms with van der Waals surface area (Å²) in [5.41, 5.74) is 5.39. The second kappa shape index (κ2) is 7.12. The van der Waals surface area contributed by atoms with Crippen LogP contribution in [0.4, 0.5) is 0 Å². The molecule has 0 aromatic heterocycles. The smallest absolute Gasteiger partial charge is 0.174 e. The minimum Gasteiger partial charge on any atom is -0.508 e. The highest BCUT2D eigenvalue weighted by molar-refractivity contribution is 5.54. The summed E-state index contributed by atoms with van der Waals surface area (Å²) in [6, 6.07) is 10.5. The topological polar surface area (TPSA) is 97.6 Å². The third-order valence-electron chi connectivity index (χ3n) is 5.42. The van der Waals surface area contributed by atoms with Gasteiger partial charge in [-0.2, -0.15) is 9.78 Å². The Morgan fingerprint density at radius 2 is 1.13 bits per heavy atom. The van der Waals surface area contributed by atoms with E-state index in [4.69, 9.17) is 19.6 Å². The van der Waals surface area contributed by atoms with Crippen molar-refractivity contribution in [2.75, 3.05) is 0 Å². The van der Waals surface area contributed by atoms with Gasteiger partial charge >= 0.3 is 0 Å². The number of phenols is 3. The number of phenolic OH excluding ortho intramolecular Hbond substituents is 3. The summed E-state index contributed by atoms with van der Waals surface area (Å²) in [5.74, 6) is 1.31.